The van der Waals surface area contributed by atoms with Gasteiger partial charge in [-0.3, -0.25) is 9.79 Å². The number of fused-ring (bicyclic) bond motifs is 4. The van der Waals surface area contributed by atoms with Gasteiger partial charge in [0.1, 0.15) is 12.1 Å². The predicted octanol–water partition coefficient (Wildman–Crippen LogP) is 5.01. The minimum atomic E-state index is -0.0179. The molecule has 4 aromatic rings. The molecule has 5 heterocycles. The summed E-state index contributed by atoms with van der Waals surface area (Å²) in [6.45, 7) is 0.774. The largest absolute Gasteiger partial charge is 0.493 e. The van der Waals surface area contributed by atoms with Gasteiger partial charge in [-0.2, -0.15) is 4.68 Å². The number of ether oxygens (including phenoxy) is 1. The fourth-order valence-electron chi connectivity index (χ4n) is 6.39. The van der Waals surface area contributed by atoms with Gasteiger partial charge in [-0.1, -0.05) is 23.7 Å². The molecule has 188 valence electrons. The molecule has 1 fully saturated rings. The topological polar surface area (TPSA) is 87.2 Å². The summed E-state index contributed by atoms with van der Waals surface area (Å²) in [5.41, 5.74) is 8.14. The smallest absolute Gasteiger partial charge is 0.251 e. The number of pyridine rings is 1. The zero-order chi connectivity index (χ0) is 25.4. The van der Waals surface area contributed by atoms with Crippen molar-refractivity contribution in [1.29, 1.82) is 0 Å². The molecule has 0 saturated heterocycles. The van der Waals surface area contributed by atoms with Crippen LogP contribution in [0.5, 0.6) is 5.75 Å². The van der Waals surface area contributed by atoms with Crippen LogP contribution in [0.25, 0.3) is 22.4 Å². The molecule has 2 aromatic carbocycles. The Morgan fingerprint density at radius 3 is 2.89 bits per heavy atom. The Labute approximate surface area is 223 Å². The first kappa shape index (κ1) is 22.0. The summed E-state index contributed by atoms with van der Waals surface area (Å²) in [5, 5.41) is 12.2. The summed E-state index contributed by atoms with van der Waals surface area (Å²) in [4.78, 5) is 18.5. The van der Waals surface area contributed by atoms with Gasteiger partial charge in [0.05, 0.1) is 18.3 Å². The highest BCUT2D eigenvalue weighted by Crippen LogP contribution is 2.60. The Morgan fingerprint density at radius 1 is 1.05 bits per heavy atom. The van der Waals surface area contributed by atoms with Crippen molar-refractivity contribution in [1.82, 2.24) is 24.8 Å². The molecule has 0 bridgehead atoms. The number of tetrazole rings is 1. The van der Waals surface area contributed by atoms with E-state index >= 15 is 0 Å². The highest BCUT2D eigenvalue weighted by molar-refractivity contribution is 6.31. The molecule has 3 atom stereocenters. The predicted molar refractivity (Wildman–Crippen MR) is 144 cm³/mol. The summed E-state index contributed by atoms with van der Waals surface area (Å²) in [6, 6.07) is 15.9. The average Bonchev–Trinajstić information content (AvgIpc) is 3.29. The van der Waals surface area contributed by atoms with Crippen molar-refractivity contribution in [2.24, 2.45) is 10.9 Å². The molecule has 0 radical (unpaired) electrons. The molecule has 9 heteroatoms. The van der Waals surface area contributed by atoms with Crippen molar-refractivity contribution >= 4 is 22.9 Å². The third-order valence-electron chi connectivity index (χ3n) is 8.25. The number of aromatic nitrogens is 5. The van der Waals surface area contributed by atoms with Crippen LogP contribution in [0.4, 0.5) is 0 Å². The zero-order valence-electron chi connectivity index (χ0n) is 20.4. The first-order chi connectivity index (χ1) is 18.6. The Kier molecular flexibility index (Phi) is 4.76. The van der Waals surface area contributed by atoms with Crippen molar-refractivity contribution in [3.63, 3.8) is 0 Å². The monoisotopic (exact) mass is 522 g/mol. The van der Waals surface area contributed by atoms with E-state index in [2.05, 4.69) is 39.8 Å². The summed E-state index contributed by atoms with van der Waals surface area (Å²) < 4.78 is 9.45. The second-order valence-electron chi connectivity index (χ2n) is 10.5. The van der Waals surface area contributed by atoms with Gasteiger partial charge in [-0.15, -0.1) is 5.10 Å². The van der Waals surface area contributed by atoms with Gasteiger partial charge >= 0.3 is 0 Å². The van der Waals surface area contributed by atoms with E-state index in [-0.39, 0.29) is 11.6 Å². The second kappa shape index (κ2) is 8.23. The van der Waals surface area contributed by atoms with E-state index in [0.717, 1.165) is 71.8 Å². The van der Waals surface area contributed by atoms with Crippen LogP contribution in [0, 0.1) is 5.92 Å². The van der Waals surface area contributed by atoms with Crippen LogP contribution in [0.1, 0.15) is 48.0 Å². The number of hydrogen-bond donors (Lipinski definition) is 0. The quantitative estimate of drug-likeness (QED) is 0.376. The summed E-state index contributed by atoms with van der Waals surface area (Å²) in [6.07, 6.45) is 7.47. The van der Waals surface area contributed by atoms with E-state index in [0.29, 0.717) is 16.9 Å². The molecule has 8 nitrogen and oxygen atoms in total. The molecule has 0 N–H and O–H groups in total. The normalized spacial score (nSPS) is 22.7. The Bertz CT molecular complexity index is 1740. The van der Waals surface area contributed by atoms with E-state index in [1.165, 1.54) is 17.5 Å². The third kappa shape index (κ3) is 3.40. The lowest BCUT2D eigenvalue weighted by atomic mass is 9.95. The van der Waals surface area contributed by atoms with Crippen molar-refractivity contribution in [2.75, 3.05) is 6.61 Å². The lowest BCUT2D eigenvalue weighted by Gasteiger charge is -2.20. The lowest BCUT2D eigenvalue weighted by Crippen LogP contribution is -2.29. The van der Waals surface area contributed by atoms with Crippen molar-refractivity contribution in [2.45, 2.75) is 37.6 Å². The lowest BCUT2D eigenvalue weighted by molar-refractivity contribution is 0.288. The first-order valence-electron chi connectivity index (χ1n) is 13.0. The molecular formula is C29H23ClN6O2. The Balaban J connectivity index is 1.12. The van der Waals surface area contributed by atoms with Gasteiger partial charge < -0.3 is 9.30 Å². The standard InChI is InChI=1S/C29H23ClN6O2/c30-20-5-6-25(35-15-32-33-34-35)21(12-20)18-9-26-22-13-23(22)29(36(26)28(37)11-18)24-8-19(14-31-24)17-4-3-16-2-1-7-38-27(16)10-17/h3-6,9-12,14-15,22-23,29H,1-2,7-8,13H2/t22-,23+,29+/m1/s1. The van der Waals surface area contributed by atoms with Crippen LogP contribution < -0.4 is 10.3 Å². The van der Waals surface area contributed by atoms with Crippen molar-refractivity contribution in [3.8, 4) is 22.6 Å². The number of rotatable bonds is 4. The zero-order valence-corrected chi connectivity index (χ0v) is 21.2. The fourth-order valence-corrected chi connectivity index (χ4v) is 6.56. The highest BCUT2D eigenvalue weighted by atomic mass is 35.5. The fraction of sp³-hybridized carbons (Fsp3) is 0.276. The van der Waals surface area contributed by atoms with Crippen LogP contribution in [-0.2, 0) is 6.42 Å². The number of hydrogen-bond acceptors (Lipinski definition) is 6. The number of allylic oxidation sites excluding steroid dienone is 1. The van der Waals surface area contributed by atoms with E-state index in [4.69, 9.17) is 21.3 Å². The van der Waals surface area contributed by atoms with Crippen LogP contribution in [0.15, 0.2) is 70.8 Å². The number of aliphatic imine (C=N–C) groups is 1. The molecule has 38 heavy (non-hydrogen) atoms. The van der Waals surface area contributed by atoms with Crippen LogP contribution in [-0.4, -0.2) is 37.1 Å². The maximum atomic E-state index is 13.6. The molecule has 4 aliphatic rings. The van der Waals surface area contributed by atoms with E-state index in [9.17, 15) is 4.79 Å². The first-order valence-corrected chi connectivity index (χ1v) is 13.3. The molecule has 3 aliphatic heterocycles. The second-order valence-corrected chi connectivity index (χ2v) is 10.9. The van der Waals surface area contributed by atoms with Crippen LogP contribution in [0.3, 0.4) is 0 Å². The van der Waals surface area contributed by atoms with E-state index in [1.54, 1.807) is 16.8 Å². The van der Waals surface area contributed by atoms with E-state index in [1.807, 2.05) is 22.9 Å². The number of benzene rings is 2. The molecule has 2 aromatic heterocycles. The van der Waals surface area contributed by atoms with Crippen molar-refractivity contribution in [3.05, 3.63) is 93.3 Å². The number of nitrogens with zero attached hydrogens (tertiary/aromatic N) is 6. The van der Waals surface area contributed by atoms with Gasteiger partial charge in [-0.05, 0) is 88.2 Å². The average molecular weight is 523 g/mol. The third-order valence-corrected chi connectivity index (χ3v) is 8.49. The van der Waals surface area contributed by atoms with Gasteiger partial charge in [0, 0.05) is 46.6 Å². The molecule has 1 aliphatic carbocycles. The van der Waals surface area contributed by atoms with E-state index < -0.39 is 0 Å². The summed E-state index contributed by atoms with van der Waals surface area (Å²) in [7, 11) is 0. The molecular weight excluding hydrogens is 500 g/mol. The van der Waals surface area contributed by atoms with Gasteiger partial charge in [-0.25, -0.2) is 0 Å². The highest BCUT2D eigenvalue weighted by Gasteiger charge is 2.54. The maximum absolute atomic E-state index is 13.6. The number of halogens is 1. The molecule has 0 unspecified atom stereocenters. The van der Waals surface area contributed by atoms with Gasteiger partial charge in [0.2, 0.25) is 0 Å². The SMILES string of the molecule is O=c1cc(-c2cc(Cl)ccc2-n2cnnn2)cc2n1[C@H](C1=NC=C(c3ccc4c(c3)OCCC4)C1)[C@H]1C[C@@H]21. The van der Waals surface area contributed by atoms with Crippen LogP contribution in [0.2, 0.25) is 5.02 Å². The number of aryl methyl sites for hydroxylation is 1. The maximum Gasteiger partial charge on any atom is 0.251 e. The van der Waals surface area contributed by atoms with Gasteiger partial charge in [0.25, 0.3) is 5.56 Å². The molecule has 8 rings (SSSR count). The molecule has 0 amide bonds. The van der Waals surface area contributed by atoms with Gasteiger partial charge in [0.15, 0.2) is 0 Å². The molecule has 0 spiro atoms. The Morgan fingerprint density at radius 2 is 2.00 bits per heavy atom. The minimum absolute atomic E-state index is 0.00229. The summed E-state index contributed by atoms with van der Waals surface area (Å²) in [5.74, 6) is 1.77. The van der Waals surface area contributed by atoms with Crippen molar-refractivity contribution < 1.29 is 4.74 Å². The minimum Gasteiger partial charge on any atom is -0.493 e. The Hall–Kier alpha value is -4.04. The van der Waals surface area contributed by atoms with Crippen LogP contribution >= 0.6 is 11.6 Å². The molecule has 1 saturated carbocycles. The summed E-state index contributed by atoms with van der Waals surface area (Å²) >= 11 is 6.36.